The van der Waals surface area contributed by atoms with Gasteiger partial charge in [-0.2, -0.15) is 0 Å². The van der Waals surface area contributed by atoms with Crippen LogP contribution in [0, 0.1) is 11.8 Å². The molecule has 4 heteroatoms. The second kappa shape index (κ2) is 6.77. The van der Waals surface area contributed by atoms with Crippen LogP contribution in [0.3, 0.4) is 0 Å². The summed E-state index contributed by atoms with van der Waals surface area (Å²) in [5.74, 6) is -3.27. The van der Waals surface area contributed by atoms with Gasteiger partial charge >= 0.3 is 11.9 Å². The van der Waals surface area contributed by atoms with E-state index in [-0.39, 0.29) is 23.9 Å². The maximum absolute atomic E-state index is 13.3. The molecule has 0 radical (unpaired) electrons. The van der Waals surface area contributed by atoms with E-state index in [0.29, 0.717) is 0 Å². The molecule has 1 N–H and O–H groups in total. The molecule has 2 aromatic rings. The molecule has 1 fully saturated rings. The highest BCUT2D eigenvalue weighted by Gasteiger charge is 2.56. The quantitative estimate of drug-likeness (QED) is 0.803. The highest BCUT2D eigenvalue weighted by molar-refractivity contribution is 5.87. The minimum atomic E-state index is -0.912. The third kappa shape index (κ3) is 2.58. The molecule has 4 aliphatic carbocycles. The number of hydrogen-bond acceptors (Lipinski definition) is 3. The molecule has 0 heterocycles. The zero-order chi connectivity index (χ0) is 19.3. The maximum Gasteiger partial charge on any atom is 0.311 e. The number of carboxylic acid groups (broad SMARTS) is 1. The van der Waals surface area contributed by atoms with Gasteiger partial charge in [-0.25, -0.2) is 0 Å². The molecule has 2 atom stereocenters. The van der Waals surface area contributed by atoms with Crippen LogP contribution in [0.15, 0.2) is 48.5 Å². The third-order valence-corrected chi connectivity index (χ3v) is 6.83. The molecule has 6 rings (SSSR count). The predicted octanol–water partition coefficient (Wildman–Crippen LogP) is 4.47. The second-order valence-electron chi connectivity index (χ2n) is 8.30. The number of hydrogen-bond donors (Lipinski definition) is 1. The van der Waals surface area contributed by atoms with Crippen LogP contribution in [0.5, 0.6) is 0 Å². The van der Waals surface area contributed by atoms with E-state index in [2.05, 4.69) is 0 Å². The van der Waals surface area contributed by atoms with Gasteiger partial charge in [0.2, 0.25) is 0 Å². The minimum Gasteiger partial charge on any atom is -0.481 e. The molecule has 0 aliphatic heterocycles. The van der Waals surface area contributed by atoms with Crippen molar-refractivity contribution in [3.05, 3.63) is 70.8 Å². The van der Waals surface area contributed by atoms with Crippen molar-refractivity contribution in [1.29, 1.82) is 0 Å². The molecule has 0 aromatic heterocycles. The summed E-state index contributed by atoms with van der Waals surface area (Å²) in [7, 11) is 0. The largest absolute Gasteiger partial charge is 0.481 e. The van der Waals surface area contributed by atoms with E-state index in [1.54, 1.807) is 0 Å². The summed E-state index contributed by atoms with van der Waals surface area (Å²) in [5, 5.41) is 10.1. The van der Waals surface area contributed by atoms with E-state index >= 15 is 0 Å². The van der Waals surface area contributed by atoms with Gasteiger partial charge in [0.15, 0.2) is 0 Å². The molecule has 28 heavy (non-hydrogen) atoms. The van der Waals surface area contributed by atoms with Gasteiger partial charge in [0.1, 0.15) is 6.10 Å². The Morgan fingerprint density at radius 2 is 1.21 bits per heavy atom. The van der Waals surface area contributed by atoms with Crippen LogP contribution in [0.2, 0.25) is 0 Å². The van der Waals surface area contributed by atoms with Gasteiger partial charge in [0.05, 0.1) is 11.8 Å². The molecule has 0 unspecified atom stereocenters. The van der Waals surface area contributed by atoms with Crippen molar-refractivity contribution in [3.63, 3.8) is 0 Å². The number of carbonyl (C=O) groups excluding carboxylic acids is 1. The number of carbonyl (C=O) groups is 2. The summed E-state index contributed by atoms with van der Waals surface area (Å²) < 4.78 is 5.89. The van der Waals surface area contributed by atoms with Crippen LogP contribution in [-0.4, -0.2) is 23.1 Å². The number of rotatable bonds is 3. The molecule has 4 aliphatic rings. The third-order valence-electron chi connectivity index (χ3n) is 6.83. The van der Waals surface area contributed by atoms with Gasteiger partial charge in [-0.15, -0.1) is 0 Å². The summed E-state index contributed by atoms with van der Waals surface area (Å²) >= 11 is 0. The SMILES string of the molecule is O=C(O)[C@@H]1C2c3ccccc3C(c3ccccc32)[C@@H]1C(=O)OC1CCCCC1. The highest BCUT2D eigenvalue weighted by atomic mass is 16.5. The lowest BCUT2D eigenvalue weighted by Crippen LogP contribution is -2.48. The summed E-state index contributed by atoms with van der Waals surface area (Å²) in [6.07, 6.45) is 5.03. The topological polar surface area (TPSA) is 63.6 Å². The zero-order valence-electron chi connectivity index (χ0n) is 15.7. The molecule has 0 amide bonds. The molecule has 2 bridgehead atoms. The van der Waals surface area contributed by atoms with E-state index in [4.69, 9.17) is 4.74 Å². The van der Waals surface area contributed by atoms with Gasteiger partial charge in [-0.3, -0.25) is 9.59 Å². The fourth-order valence-corrected chi connectivity index (χ4v) is 5.68. The standard InChI is InChI=1S/C24H24O4/c25-23(26)21-19-15-10-4-6-12-17(15)20(18-13-7-5-11-16(18)19)22(21)24(27)28-14-8-2-1-3-9-14/h4-7,10-14,19-22H,1-3,8-9H2,(H,25,26)/t19?,20?,21-,22+/m1/s1. The molecule has 4 nitrogen and oxygen atoms in total. The Balaban J connectivity index is 1.61. The number of benzene rings is 2. The average molecular weight is 376 g/mol. The first-order valence-electron chi connectivity index (χ1n) is 10.3. The van der Waals surface area contributed by atoms with Crippen LogP contribution in [0.25, 0.3) is 0 Å². The Hall–Kier alpha value is -2.62. The van der Waals surface area contributed by atoms with Crippen molar-refractivity contribution in [1.82, 2.24) is 0 Å². The van der Waals surface area contributed by atoms with Gasteiger partial charge in [0, 0.05) is 11.8 Å². The Kier molecular flexibility index (Phi) is 4.22. The van der Waals surface area contributed by atoms with E-state index in [1.807, 2.05) is 48.5 Å². The van der Waals surface area contributed by atoms with Crippen molar-refractivity contribution in [3.8, 4) is 0 Å². The predicted molar refractivity (Wildman–Crippen MR) is 104 cm³/mol. The molecular formula is C24H24O4. The highest BCUT2D eigenvalue weighted by Crippen LogP contribution is 2.58. The molecule has 0 spiro atoms. The zero-order valence-corrected chi connectivity index (χ0v) is 15.7. The molecule has 144 valence electrons. The number of ether oxygens (including phenoxy) is 1. The first-order valence-corrected chi connectivity index (χ1v) is 10.3. The van der Waals surface area contributed by atoms with Crippen LogP contribution in [0.4, 0.5) is 0 Å². The minimum absolute atomic E-state index is 0.0679. The Morgan fingerprint density at radius 3 is 1.68 bits per heavy atom. The molecule has 1 saturated carbocycles. The summed E-state index contributed by atoms with van der Waals surface area (Å²) in [4.78, 5) is 25.7. The van der Waals surface area contributed by atoms with Crippen molar-refractivity contribution >= 4 is 11.9 Å². The maximum atomic E-state index is 13.3. The first kappa shape index (κ1) is 17.5. The lowest BCUT2D eigenvalue weighted by Gasteiger charge is -2.48. The smallest absolute Gasteiger partial charge is 0.311 e. The fourth-order valence-electron chi connectivity index (χ4n) is 5.68. The second-order valence-corrected chi connectivity index (χ2v) is 8.30. The first-order chi connectivity index (χ1) is 13.7. The monoisotopic (exact) mass is 376 g/mol. The number of carboxylic acids is 1. The van der Waals surface area contributed by atoms with Crippen molar-refractivity contribution in [2.45, 2.75) is 50.0 Å². The van der Waals surface area contributed by atoms with Gasteiger partial charge in [0.25, 0.3) is 0 Å². The van der Waals surface area contributed by atoms with E-state index in [0.717, 1.165) is 47.9 Å². The molecule has 0 saturated heterocycles. The van der Waals surface area contributed by atoms with Gasteiger partial charge in [-0.05, 0) is 47.9 Å². The van der Waals surface area contributed by atoms with E-state index in [9.17, 15) is 14.7 Å². The van der Waals surface area contributed by atoms with Crippen LogP contribution < -0.4 is 0 Å². The number of aliphatic carboxylic acids is 1. The summed E-state index contributed by atoms with van der Waals surface area (Å²) in [6.45, 7) is 0. The summed E-state index contributed by atoms with van der Waals surface area (Å²) in [5.41, 5.74) is 4.24. The van der Waals surface area contributed by atoms with Crippen LogP contribution in [-0.2, 0) is 14.3 Å². The number of fused-ring (bicyclic) bond motifs is 1. The lowest BCUT2D eigenvalue weighted by atomic mass is 9.54. The lowest BCUT2D eigenvalue weighted by molar-refractivity contribution is -0.165. The van der Waals surface area contributed by atoms with Gasteiger partial charge in [-0.1, -0.05) is 55.0 Å². The molecule has 2 aromatic carbocycles. The molecular weight excluding hydrogens is 352 g/mol. The summed E-state index contributed by atoms with van der Waals surface area (Å²) in [6, 6.07) is 16.0. The normalized spacial score (nSPS) is 28.3. The Labute approximate surface area is 164 Å². The Bertz CT molecular complexity index is 880. The Morgan fingerprint density at radius 1 is 0.750 bits per heavy atom. The van der Waals surface area contributed by atoms with Crippen LogP contribution in [0.1, 0.15) is 66.2 Å². The van der Waals surface area contributed by atoms with Crippen molar-refractivity contribution in [2.24, 2.45) is 11.8 Å². The van der Waals surface area contributed by atoms with Crippen molar-refractivity contribution in [2.75, 3.05) is 0 Å². The fraction of sp³-hybridized carbons (Fsp3) is 0.417. The van der Waals surface area contributed by atoms with E-state index in [1.165, 1.54) is 6.42 Å². The van der Waals surface area contributed by atoms with Gasteiger partial charge < -0.3 is 9.84 Å². The van der Waals surface area contributed by atoms with Crippen LogP contribution >= 0.6 is 0 Å². The van der Waals surface area contributed by atoms with E-state index < -0.39 is 17.8 Å². The average Bonchev–Trinajstić information content (AvgIpc) is 2.73. The van der Waals surface area contributed by atoms with Crippen molar-refractivity contribution < 1.29 is 19.4 Å². The number of esters is 1.